The summed E-state index contributed by atoms with van der Waals surface area (Å²) in [7, 11) is -3.81. The van der Waals surface area contributed by atoms with Crippen LogP contribution in [0.15, 0.2) is 27.5 Å². The van der Waals surface area contributed by atoms with Gasteiger partial charge in [-0.05, 0) is 56.2 Å². The van der Waals surface area contributed by atoms with Crippen molar-refractivity contribution in [2.45, 2.75) is 50.3 Å². The van der Waals surface area contributed by atoms with Crippen molar-refractivity contribution in [2.24, 2.45) is 16.2 Å². The van der Waals surface area contributed by atoms with Gasteiger partial charge in [-0.3, -0.25) is 0 Å². The molecule has 1 saturated heterocycles. The molecule has 1 aliphatic heterocycles. The molecule has 0 bridgehead atoms. The summed E-state index contributed by atoms with van der Waals surface area (Å²) < 4.78 is 30.1. The largest absolute Gasteiger partial charge is 0.359 e. The topological polar surface area (TPSA) is 49.7 Å². The van der Waals surface area contributed by atoms with E-state index in [9.17, 15) is 8.42 Å². The van der Waals surface area contributed by atoms with Gasteiger partial charge in [0.2, 0.25) is 0 Å². The Morgan fingerprint density at radius 2 is 1.80 bits per heavy atom. The van der Waals surface area contributed by atoms with Crippen LogP contribution < -0.4 is 0 Å². The lowest BCUT2D eigenvalue weighted by Gasteiger charge is -2.33. The zero-order valence-corrected chi connectivity index (χ0v) is 16.7. The van der Waals surface area contributed by atoms with Crippen molar-refractivity contribution in [1.82, 2.24) is 4.90 Å². The highest BCUT2D eigenvalue weighted by molar-refractivity contribution is 7.90. The number of sulfonamides is 1. The highest BCUT2D eigenvalue weighted by Crippen LogP contribution is 2.35. The predicted octanol–water partition coefficient (Wildman–Crippen LogP) is 5.00. The zero-order valence-electron chi connectivity index (χ0n) is 14.4. The summed E-state index contributed by atoms with van der Waals surface area (Å²) in [4.78, 5) is 2.28. The van der Waals surface area contributed by atoms with E-state index in [2.05, 4.69) is 16.2 Å². The molecule has 0 amide bonds. The fourth-order valence-electron chi connectivity index (χ4n) is 3.83. The first-order valence-corrected chi connectivity index (χ1v) is 11.1. The summed E-state index contributed by atoms with van der Waals surface area (Å²) in [5, 5.41) is 0.567. The van der Waals surface area contributed by atoms with Gasteiger partial charge >= 0.3 is 0 Å². The first kappa shape index (κ1) is 19.0. The Balaban J connectivity index is 1.99. The van der Waals surface area contributed by atoms with E-state index in [1.165, 1.54) is 24.6 Å². The fourth-order valence-corrected chi connectivity index (χ4v) is 5.30. The summed E-state index contributed by atoms with van der Waals surface area (Å²) >= 11 is 11.9. The number of rotatable bonds is 3. The Labute approximate surface area is 160 Å². The fraction of sp³-hybridized carbons (Fsp3) is 0.611. The van der Waals surface area contributed by atoms with E-state index in [1.54, 1.807) is 0 Å². The molecular weight excluding hydrogens is 379 g/mol. The van der Waals surface area contributed by atoms with Gasteiger partial charge in [0, 0.05) is 19.0 Å². The highest BCUT2D eigenvalue weighted by atomic mass is 35.5. The Hall–Kier alpha value is -0.780. The average molecular weight is 403 g/mol. The third-order valence-corrected chi connectivity index (χ3v) is 7.29. The minimum absolute atomic E-state index is 0.0991. The van der Waals surface area contributed by atoms with Crippen LogP contribution in [0.4, 0.5) is 0 Å². The standard InChI is InChI=1S/C18H24Cl2N2O2S/c1-13-6-5-7-15(13)18(22-10-3-2-4-11-22)21-25(23,24)14-8-9-16(19)17(20)12-14/h8-9,12-13,15H,2-7,10-11H2,1H3/t13-,15+/m1/s1. The number of hydrogen-bond donors (Lipinski definition) is 0. The molecule has 1 heterocycles. The molecule has 2 atom stereocenters. The van der Waals surface area contributed by atoms with E-state index in [1.807, 2.05) is 0 Å². The SMILES string of the molecule is C[C@@H]1CCC[C@@H]1C(=NS(=O)(=O)c1ccc(Cl)c(Cl)c1)N1CCCCC1. The normalized spacial score (nSPS) is 25.4. The average Bonchev–Trinajstić information content (AvgIpc) is 3.02. The Morgan fingerprint density at radius 1 is 1.08 bits per heavy atom. The van der Waals surface area contributed by atoms with E-state index in [4.69, 9.17) is 23.2 Å². The molecule has 2 fully saturated rings. The second-order valence-corrected chi connectivity index (χ2v) is 9.48. The van der Waals surface area contributed by atoms with Gasteiger partial charge in [0.25, 0.3) is 10.0 Å². The van der Waals surface area contributed by atoms with Gasteiger partial charge in [-0.2, -0.15) is 8.42 Å². The van der Waals surface area contributed by atoms with E-state index >= 15 is 0 Å². The van der Waals surface area contributed by atoms with E-state index < -0.39 is 10.0 Å². The Morgan fingerprint density at radius 3 is 2.40 bits per heavy atom. The van der Waals surface area contributed by atoms with Crippen molar-refractivity contribution < 1.29 is 8.42 Å². The van der Waals surface area contributed by atoms with Gasteiger partial charge in [0.15, 0.2) is 0 Å². The number of likely N-dealkylation sites (tertiary alicyclic amines) is 1. The molecule has 3 rings (SSSR count). The molecule has 0 N–H and O–H groups in total. The van der Waals surface area contributed by atoms with Crippen LogP contribution >= 0.6 is 23.2 Å². The number of nitrogens with zero attached hydrogens (tertiary/aromatic N) is 2. The van der Waals surface area contributed by atoms with Crippen LogP contribution in [-0.2, 0) is 10.0 Å². The second kappa shape index (κ2) is 7.85. The first-order valence-electron chi connectivity index (χ1n) is 8.93. The van der Waals surface area contributed by atoms with Crippen molar-refractivity contribution in [3.05, 3.63) is 28.2 Å². The molecule has 1 aromatic rings. The van der Waals surface area contributed by atoms with Gasteiger partial charge in [0.1, 0.15) is 5.84 Å². The molecule has 0 spiro atoms. The van der Waals surface area contributed by atoms with Gasteiger partial charge < -0.3 is 4.90 Å². The minimum Gasteiger partial charge on any atom is -0.359 e. The summed E-state index contributed by atoms with van der Waals surface area (Å²) in [6.45, 7) is 3.97. The molecule has 7 heteroatoms. The molecule has 2 aliphatic rings. The number of benzene rings is 1. The summed E-state index contributed by atoms with van der Waals surface area (Å²) in [5.74, 6) is 1.43. The van der Waals surface area contributed by atoms with Gasteiger partial charge in [-0.1, -0.05) is 36.5 Å². The molecule has 1 saturated carbocycles. The number of hydrogen-bond acceptors (Lipinski definition) is 2. The molecule has 4 nitrogen and oxygen atoms in total. The van der Waals surface area contributed by atoms with Crippen LogP contribution in [0.1, 0.15) is 45.4 Å². The molecule has 0 radical (unpaired) electrons. The van der Waals surface area contributed by atoms with E-state index in [0.29, 0.717) is 10.9 Å². The van der Waals surface area contributed by atoms with Gasteiger partial charge in [-0.15, -0.1) is 4.40 Å². The maximum Gasteiger partial charge on any atom is 0.284 e. The van der Waals surface area contributed by atoms with Crippen LogP contribution in [0.25, 0.3) is 0 Å². The third kappa shape index (κ3) is 4.32. The van der Waals surface area contributed by atoms with Crippen LogP contribution in [-0.4, -0.2) is 32.2 Å². The lowest BCUT2D eigenvalue weighted by molar-refractivity contribution is 0.317. The maximum absolute atomic E-state index is 12.9. The third-order valence-electron chi connectivity index (χ3n) is 5.28. The van der Waals surface area contributed by atoms with Crippen molar-refractivity contribution in [3.8, 4) is 0 Å². The molecule has 138 valence electrons. The quantitative estimate of drug-likeness (QED) is 0.527. The van der Waals surface area contributed by atoms with Crippen LogP contribution in [0.5, 0.6) is 0 Å². The predicted molar refractivity (Wildman–Crippen MR) is 103 cm³/mol. The molecule has 0 aromatic heterocycles. The molecular formula is C18H24Cl2N2O2S. The zero-order chi connectivity index (χ0) is 18.0. The summed E-state index contributed by atoms with van der Waals surface area (Å²) in [6, 6.07) is 4.36. The molecule has 0 unspecified atom stereocenters. The Bertz CT molecular complexity index is 758. The van der Waals surface area contributed by atoms with Crippen molar-refractivity contribution >= 4 is 39.1 Å². The lowest BCUT2D eigenvalue weighted by Crippen LogP contribution is -2.41. The van der Waals surface area contributed by atoms with Gasteiger partial charge in [-0.25, -0.2) is 0 Å². The summed E-state index contributed by atoms with van der Waals surface area (Å²) in [5.41, 5.74) is 0. The van der Waals surface area contributed by atoms with Crippen molar-refractivity contribution in [2.75, 3.05) is 13.1 Å². The van der Waals surface area contributed by atoms with E-state index in [-0.39, 0.29) is 15.8 Å². The van der Waals surface area contributed by atoms with Crippen LogP contribution in [0, 0.1) is 11.8 Å². The van der Waals surface area contributed by atoms with Crippen LogP contribution in [0.2, 0.25) is 10.0 Å². The molecule has 1 aliphatic carbocycles. The van der Waals surface area contributed by atoms with Crippen molar-refractivity contribution in [3.63, 3.8) is 0 Å². The Kier molecular flexibility index (Phi) is 5.96. The van der Waals surface area contributed by atoms with Crippen LogP contribution in [0.3, 0.4) is 0 Å². The maximum atomic E-state index is 12.9. The number of halogens is 2. The first-order chi connectivity index (χ1) is 11.9. The second-order valence-electron chi connectivity index (χ2n) is 7.06. The number of piperidine rings is 1. The van der Waals surface area contributed by atoms with Crippen molar-refractivity contribution in [1.29, 1.82) is 0 Å². The number of amidine groups is 1. The monoisotopic (exact) mass is 402 g/mol. The van der Waals surface area contributed by atoms with Gasteiger partial charge in [0.05, 0.1) is 14.9 Å². The lowest BCUT2D eigenvalue weighted by atomic mass is 9.95. The smallest absolute Gasteiger partial charge is 0.284 e. The minimum atomic E-state index is -3.81. The highest BCUT2D eigenvalue weighted by Gasteiger charge is 2.33. The molecule has 25 heavy (non-hydrogen) atoms. The molecule has 1 aromatic carbocycles. The van der Waals surface area contributed by atoms with E-state index in [0.717, 1.165) is 51.0 Å². The summed E-state index contributed by atoms with van der Waals surface area (Å²) in [6.07, 6.45) is 6.65.